The summed E-state index contributed by atoms with van der Waals surface area (Å²) in [6, 6.07) is 14.0. The van der Waals surface area contributed by atoms with Crippen molar-refractivity contribution >= 4 is 5.91 Å². The van der Waals surface area contributed by atoms with E-state index in [1.807, 2.05) is 4.90 Å². The molecule has 0 bridgehead atoms. The van der Waals surface area contributed by atoms with Gasteiger partial charge >= 0.3 is 12.4 Å². The van der Waals surface area contributed by atoms with Gasteiger partial charge in [0.25, 0.3) is 11.8 Å². The molecule has 2 aromatic carbocycles. The van der Waals surface area contributed by atoms with Crippen molar-refractivity contribution < 1.29 is 40.4 Å². The van der Waals surface area contributed by atoms with Gasteiger partial charge in [-0.15, -0.1) is 0 Å². The topological polar surface area (TPSA) is 84.6 Å². The highest BCUT2D eigenvalue weighted by molar-refractivity contribution is 5.94. The highest BCUT2D eigenvalue weighted by Crippen LogP contribution is 2.31. The first-order valence-corrected chi connectivity index (χ1v) is 12.7. The van der Waals surface area contributed by atoms with Crippen molar-refractivity contribution in [2.45, 2.75) is 18.9 Å². The lowest BCUT2D eigenvalue weighted by Gasteiger charge is -2.35. The van der Waals surface area contributed by atoms with Crippen LogP contribution in [-0.2, 0) is 12.7 Å². The molecule has 0 unspecified atom stereocenters. The van der Waals surface area contributed by atoms with Crippen LogP contribution in [0.4, 0.5) is 26.3 Å². The number of rotatable bonds is 7. The standard InChI is InChI=1S/C28H23F6N5O3/c29-27(30,31)17-41-23-4-2-1-3-20(23)16-38-11-13-39(14-12-38)26(40)19-7-10-22(35-15-19)25-36-24(37-42-25)18-5-8-21(9-6-18)28(32,33)34/h1-10,15H,11-14,16-17H2. The maximum Gasteiger partial charge on any atom is 0.422 e. The van der Waals surface area contributed by atoms with Gasteiger partial charge in [0.05, 0.1) is 11.1 Å². The van der Waals surface area contributed by atoms with Gasteiger partial charge < -0.3 is 14.2 Å². The Morgan fingerprint density at radius 1 is 0.905 bits per heavy atom. The van der Waals surface area contributed by atoms with Crippen LogP contribution in [0.15, 0.2) is 71.4 Å². The van der Waals surface area contributed by atoms with E-state index >= 15 is 0 Å². The second kappa shape index (κ2) is 11.8. The molecule has 1 aliphatic heterocycles. The molecule has 2 aromatic heterocycles. The molecule has 42 heavy (non-hydrogen) atoms. The van der Waals surface area contributed by atoms with E-state index in [9.17, 15) is 31.1 Å². The number of piperazine rings is 1. The molecular weight excluding hydrogens is 568 g/mol. The fraction of sp³-hybridized carbons (Fsp3) is 0.286. The lowest BCUT2D eigenvalue weighted by atomic mass is 10.1. The number of carbonyl (C=O) groups is 1. The molecule has 0 radical (unpaired) electrons. The Labute approximate surface area is 235 Å². The Morgan fingerprint density at radius 3 is 2.26 bits per heavy atom. The summed E-state index contributed by atoms with van der Waals surface area (Å²) >= 11 is 0. The summed E-state index contributed by atoms with van der Waals surface area (Å²) in [5.74, 6) is 0.0656. The van der Waals surface area contributed by atoms with Gasteiger partial charge in [-0.1, -0.05) is 35.5 Å². The van der Waals surface area contributed by atoms with Gasteiger partial charge in [0.2, 0.25) is 5.82 Å². The van der Waals surface area contributed by atoms with E-state index in [0.717, 1.165) is 12.1 Å². The molecule has 8 nitrogen and oxygen atoms in total. The van der Waals surface area contributed by atoms with E-state index in [0.29, 0.717) is 49.4 Å². The predicted molar refractivity (Wildman–Crippen MR) is 137 cm³/mol. The van der Waals surface area contributed by atoms with Crippen LogP contribution in [-0.4, -0.2) is 69.8 Å². The molecule has 0 N–H and O–H groups in total. The third kappa shape index (κ3) is 7.05. The molecule has 1 saturated heterocycles. The summed E-state index contributed by atoms with van der Waals surface area (Å²) < 4.78 is 86.3. The molecule has 0 atom stereocenters. The average Bonchev–Trinajstić information content (AvgIpc) is 3.47. The number of halogens is 6. The number of carbonyl (C=O) groups excluding carboxylic acids is 1. The largest absolute Gasteiger partial charge is 0.484 e. The van der Waals surface area contributed by atoms with Gasteiger partial charge in [0.1, 0.15) is 11.4 Å². The van der Waals surface area contributed by atoms with Crippen LogP contribution < -0.4 is 4.74 Å². The maximum atomic E-state index is 13.0. The number of amides is 1. The quantitative estimate of drug-likeness (QED) is 0.255. The summed E-state index contributed by atoms with van der Waals surface area (Å²) in [6.45, 7) is 0.856. The van der Waals surface area contributed by atoms with Crippen molar-refractivity contribution in [2.24, 2.45) is 0 Å². The van der Waals surface area contributed by atoms with E-state index in [4.69, 9.17) is 9.26 Å². The first-order chi connectivity index (χ1) is 20.0. The zero-order chi connectivity index (χ0) is 29.9. The van der Waals surface area contributed by atoms with Crippen molar-refractivity contribution in [2.75, 3.05) is 32.8 Å². The zero-order valence-electron chi connectivity index (χ0n) is 21.8. The lowest BCUT2D eigenvalue weighted by molar-refractivity contribution is -0.153. The fourth-order valence-corrected chi connectivity index (χ4v) is 4.37. The Kier molecular flexibility index (Phi) is 8.16. The van der Waals surface area contributed by atoms with E-state index < -0.39 is 24.5 Å². The number of pyridine rings is 1. The van der Waals surface area contributed by atoms with Crippen LogP contribution in [0.3, 0.4) is 0 Å². The Morgan fingerprint density at radius 2 is 1.62 bits per heavy atom. The van der Waals surface area contributed by atoms with Crippen molar-refractivity contribution in [1.29, 1.82) is 0 Å². The number of nitrogens with zero attached hydrogens (tertiary/aromatic N) is 5. The average molecular weight is 592 g/mol. The van der Waals surface area contributed by atoms with Gasteiger partial charge in [-0.3, -0.25) is 14.7 Å². The first kappa shape index (κ1) is 29.0. The summed E-state index contributed by atoms with van der Waals surface area (Å²) in [5, 5.41) is 3.80. The molecule has 0 aliphatic carbocycles. The third-order valence-electron chi connectivity index (χ3n) is 6.54. The Hall–Kier alpha value is -4.46. The van der Waals surface area contributed by atoms with Gasteiger partial charge in [0.15, 0.2) is 6.61 Å². The van der Waals surface area contributed by atoms with Crippen molar-refractivity contribution in [3.05, 3.63) is 83.6 Å². The van der Waals surface area contributed by atoms with Gasteiger partial charge in [-0.2, -0.15) is 31.3 Å². The number of para-hydroxylation sites is 1. The van der Waals surface area contributed by atoms with Gasteiger partial charge in [-0.05, 0) is 30.3 Å². The van der Waals surface area contributed by atoms with Crippen molar-refractivity contribution in [3.63, 3.8) is 0 Å². The van der Waals surface area contributed by atoms with Crippen LogP contribution in [0, 0.1) is 0 Å². The minimum Gasteiger partial charge on any atom is -0.484 e. The summed E-state index contributed by atoms with van der Waals surface area (Å²) in [6.07, 6.45) is -7.52. The number of benzene rings is 2. The maximum absolute atomic E-state index is 13.0. The smallest absolute Gasteiger partial charge is 0.422 e. The molecule has 1 aliphatic rings. The molecule has 1 amide bonds. The number of alkyl halides is 6. The van der Waals surface area contributed by atoms with Crippen LogP contribution in [0.25, 0.3) is 23.0 Å². The van der Waals surface area contributed by atoms with Gasteiger partial charge in [-0.25, -0.2) is 0 Å². The molecule has 0 spiro atoms. The summed E-state index contributed by atoms with van der Waals surface area (Å²) in [7, 11) is 0. The Balaban J connectivity index is 1.16. The Bertz CT molecular complexity index is 1510. The second-order valence-corrected chi connectivity index (χ2v) is 9.51. The lowest BCUT2D eigenvalue weighted by Crippen LogP contribution is -2.48. The highest BCUT2D eigenvalue weighted by Gasteiger charge is 2.31. The van der Waals surface area contributed by atoms with E-state index in [1.165, 1.54) is 30.5 Å². The van der Waals surface area contributed by atoms with Crippen LogP contribution in [0.1, 0.15) is 21.5 Å². The SMILES string of the molecule is O=C(c1ccc(-c2nc(-c3ccc(C(F)(F)F)cc3)no2)nc1)N1CCN(Cc2ccccc2OCC(F)(F)F)CC1. The molecule has 14 heteroatoms. The molecule has 0 saturated carbocycles. The number of hydrogen-bond acceptors (Lipinski definition) is 7. The normalized spacial score (nSPS) is 14.7. The molecule has 5 rings (SSSR count). The first-order valence-electron chi connectivity index (χ1n) is 12.7. The molecule has 1 fully saturated rings. The number of ether oxygens (including phenoxy) is 1. The minimum absolute atomic E-state index is 0.0389. The molecular formula is C28H23F6N5O3. The van der Waals surface area contributed by atoms with Crippen molar-refractivity contribution in [3.8, 4) is 28.7 Å². The van der Waals surface area contributed by atoms with Crippen LogP contribution in [0.5, 0.6) is 5.75 Å². The van der Waals surface area contributed by atoms with Crippen LogP contribution in [0.2, 0.25) is 0 Å². The van der Waals surface area contributed by atoms with E-state index in [1.54, 1.807) is 29.2 Å². The van der Waals surface area contributed by atoms with E-state index in [2.05, 4.69) is 15.1 Å². The fourth-order valence-electron chi connectivity index (χ4n) is 4.37. The molecule has 3 heterocycles. The second-order valence-electron chi connectivity index (χ2n) is 9.51. The zero-order valence-corrected chi connectivity index (χ0v) is 21.8. The minimum atomic E-state index is -4.46. The monoisotopic (exact) mass is 591 g/mol. The van der Waals surface area contributed by atoms with Gasteiger partial charge in [0, 0.05) is 50.0 Å². The van der Waals surface area contributed by atoms with Crippen molar-refractivity contribution in [1.82, 2.24) is 24.9 Å². The predicted octanol–water partition coefficient (Wildman–Crippen LogP) is 5.72. The number of aromatic nitrogens is 3. The van der Waals surface area contributed by atoms with Crippen LogP contribution >= 0.6 is 0 Å². The molecule has 4 aromatic rings. The molecule has 220 valence electrons. The third-order valence-corrected chi connectivity index (χ3v) is 6.54. The number of hydrogen-bond donors (Lipinski definition) is 0. The highest BCUT2D eigenvalue weighted by atomic mass is 19.4. The summed E-state index contributed by atoms with van der Waals surface area (Å²) in [4.78, 5) is 25.2. The van der Waals surface area contributed by atoms with E-state index in [-0.39, 0.29) is 29.1 Å². The summed E-state index contributed by atoms with van der Waals surface area (Å²) in [5.41, 5.74) is 0.789.